The summed E-state index contributed by atoms with van der Waals surface area (Å²) in [5.74, 6) is 0.698. The SMILES string of the molecule is CCNC(=O)C(C)(C)CNC(=NC)NCc1ncc(C)s1. The summed E-state index contributed by atoms with van der Waals surface area (Å²) >= 11 is 1.65. The third kappa shape index (κ3) is 5.71. The number of nitrogens with one attached hydrogen (secondary N) is 3. The van der Waals surface area contributed by atoms with Crippen LogP contribution in [0.2, 0.25) is 0 Å². The Balaban J connectivity index is 2.46. The van der Waals surface area contributed by atoms with Crippen LogP contribution in [0.4, 0.5) is 0 Å². The molecule has 1 aromatic rings. The third-order valence-electron chi connectivity index (χ3n) is 2.95. The van der Waals surface area contributed by atoms with E-state index in [4.69, 9.17) is 0 Å². The van der Waals surface area contributed by atoms with Crippen molar-refractivity contribution in [3.8, 4) is 0 Å². The lowest BCUT2D eigenvalue weighted by Crippen LogP contribution is -2.47. The van der Waals surface area contributed by atoms with E-state index in [2.05, 4.69) is 25.9 Å². The van der Waals surface area contributed by atoms with Crippen molar-refractivity contribution in [2.45, 2.75) is 34.2 Å². The van der Waals surface area contributed by atoms with Crippen LogP contribution in [-0.2, 0) is 11.3 Å². The summed E-state index contributed by atoms with van der Waals surface area (Å²) in [6.45, 7) is 9.53. The van der Waals surface area contributed by atoms with Gasteiger partial charge < -0.3 is 16.0 Å². The number of carbonyl (C=O) groups excluding carboxylic acids is 1. The van der Waals surface area contributed by atoms with Crippen molar-refractivity contribution in [3.63, 3.8) is 0 Å². The van der Waals surface area contributed by atoms with Crippen LogP contribution >= 0.6 is 11.3 Å². The van der Waals surface area contributed by atoms with E-state index < -0.39 is 5.41 Å². The Bertz CT molecular complexity index is 495. The Labute approximate surface area is 130 Å². The van der Waals surface area contributed by atoms with E-state index in [1.807, 2.05) is 33.9 Å². The zero-order valence-electron chi connectivity index (χ0n) is 13.4. The maximum atomic E-state index is 11.9. The lowest BCUT2D eigenvalue weighted by atomic mass is 9.92. The maximum absolute atomic E-state index is 11.9. The molecule has 0 atom stereocenters. The van der Waals surface area contributed by atoms with Crippen LogP contribution in [0.25, 0.3) is 0 Å². The Morgan fingerprint density at radius 1 is 1.38 bits per heavy atom. The molecule has 0 aliphatic heterocycles. The third-order valence-corrected chi connectivity index (χ3v) is 3.86. The number of thiazole rings is 1. The minimum Gasteiger partial charge on any atom is -0.356 e. The van der Waals surface area contributed by atoms with Crippen molar-refractivity contribution in [2.75, 3.05) is 20.1 Å². The average Bonchev–Trinajstić information content (AvgIpc) is 2.85. The van der Waals surface area contributed by atoms with E-state index in [0.29, 0.717) is 25.6 Å². The molecule has 0 radical (unpaired) electrons. The first-order chi connectivity index (χ1) is 9.89. The van der Waals surface area contributed by atoms with Crippen LogP contribution in [0.3, 0.4) is 0 Å². The van der Waals surface area contributed by atoms with Gasteiger partial charge in [0.15, 0.2) is 5.96 Å². The molecule has 3 N–H and O–H groups in total. The highest BCUT2D eigenvalue weighted by atomic mass is 32.1. The van der Waals surface area contributed by atoms with Crippen molar-refractivity contribution in [2.24, 2.45) is 10.4 Å². The quantitative estimate of drug-likeness (QED) is 0.546. The Morgan fingerprint density at radius 2 is 2.10 bits per heavy atom. The second-order valence-electron chi connectivity index (χ2n) is 5.39. The standard InChI is InChI=1S/C14H25N5OS/c1-6-16-12(20)14(3,4)9-19-13(15-5)18-8-11-17-7-10(2)21-11/h7H,6,8-9H2,1-5H3,(H,16,20)(H2,15,18,19). The number of aliphatic imine (C=N–C) groups is 1. The van der Waals surface area contributed by atoms with Gasteiger partial charge in [-0.1, -0.05) is 0 Å². The summed E-state index contributed by atoms with van der Waals surface area (Å²) < 4.78 is 0. The molecule has 0 saturated carbocycles. The number of guanidine groups is 1. The summed E-state index contributed by atoms with van der Waals surface area (Å²) in [5, 5.41) is 10.2. The largest absolute Gasteiger partial charge is 0.356 e. The molecule has 0 aliphatic rings. The molecular weight excluding hydrogens is 286 g/mol. The van der Waals surface area contributed by atoms with Crippen LogP contribution in [0.15, 0.2) is 11.2 Å². The maximum Gasteiger partial charge on any atom is 0.227 e. The fraction of sp³-hybridized carbons (Fsp3) is 0.643. The van der Waals surface area contributed by atoms with Gasteiger partial charge in [0.1, 0.15) is 5.01 Å². The van der Waals surface area contributed by atoms with E-state index in [9.17, 15) is 4.79 Å². The molecule has 0 aromatic carbocycles. The molecule has 0 aliphatic carbocycles. The van der Waals surface area contributed by atoms with Gasteiger partial charge >= 0.3 is 0 Å². The number of aryl methyl sites for hydroxylation is 1. The first-order valence-electron chi connectivity index (χ1n) is 7.03. The Morgan fingerprint density at radius 3 is 2.62 bits per heavy atom. The van der Waals surface area contributed by atoms with Gasteiger partial charge in [-0.15, -0.1) is 11.3 Å². The van der Waals surface area contributed by atoms with Crippen LogP contribution in [0, 0.1) is 12.3 Å². The minimum absolute atomic E-state index is 0.0310. The van der Waals surface area contributed by atoms with Crippen molar-refractivity contribution in [1.29, 1.82) is 0 Å². The van der Waals surface area contributed by atoms with Gasteiger partial charge in [-0.05, 0) is 27.7 Å². The van der Waals surface area contributed by atoms with Gasteiger partial charge in [-0.2, -0.15) is 0 Å². The van der Waals surface area contributed by atoms with E-state index in [1.165, 1.54) is 4.88 Å². The molecule has 0 unspecified atom stereocenters. The number of hydrogen-bond donors (Lipinski definition) is 3. The molecule has 0 saturated heterocycles. The average molecular weight is 311 g/mol. The summed E-state index contributed by atoms with van der Waals surface area (Å²) in [6.07, 6.45) is 1.86. The number of carbonyl (C=O) groups is 1. The van der Waals surface area contributed by atoms with Gasteiger partial charge in [0.05, 0.1) is 12.0 Å². The number of amides is 1. The molecule has 1 aromatic heterocycles. The van der Waals surface area contributed by atoms with Crippen LogP contribution < -0.4 is 16.0 Å². The first kappa shape index (κ1) is 17.4. The highest BCUT2D eigenvalue weighted by Gasteiger charge is 2.27. The van der Waals surface area contributed by atoms with Gasteiger partial charge in [0, 0.05) is 31.2 Å². The van der Waals surface area contributed by atoms with E-state index >= 15 is 0 Å². The molecule has 0 spiro atoms. The lowest BCUT2D eigenvalue weighted by Gasteiger charge is -2.24. The summed E-state index contributed by atoms with van der Waals surface area (Å²) in [4.78, 5) is 21.6. The second-order valence-corrected chi connectivity index (χ2v) is 6.71. The fourth-order valence-electron chi connectivity index (χ4n) is 1.65. The molecule has 118 valence electrons. The molecule has 0 fully saturated rings. The van der Waals surface area contributed by atoms with Crippen LogP contribution in [-0.4, -0.2) is 37.0 Å². The Hall–Kier alpha value is -1.63. The summed E-state index contributed by atoms with van der Waals surface area (Å²) in [7, 11) is 1.71. The number of nitrogens with zero attached hydrogens (tertiary/aromatic N) is 2. The van der Waals surface area contributed by atoms with Gasteiger partial charge in [-0.25, -0.2) is 4.98 Å². The number of hydrogen-bond acceptors (Lipinski definition) is 4. The Kier molecular flexibility index (Phi) is 6.61. The molecule has 1 rings (SSSR count). The van der Waals surface area contributed by atoms with Crippen molar-refractivity contribution in [3.05, 3.63) is 16.1 Å². The van der Waals surface area contributed by atoms with E-state index in [1.54, 1.807) is 18.4 Å². The van der Waals surface area contributed by atoms with Crippen LogP contribution in [0.5, 0.6) is 0 Å². The predicted octanol–water partition coefficient (Wildman–Crippen LogP) is 1.28. The van der Waals surface area contributed by atoms with Gasteiger partial charge in [-0.3, -0.25) is 9.79 Å². The second kappa shape index (κ2) is 7.97. The molecular formula is C14H25N5OS. The first-order valence-corrected chi connectivity index (χ1v) is 7.85. The molecule has 7 heteroatoms. The smallest absolute Gasteiger partial charge is 0.227 e. The van der Waals surface area contributed by atoms with E-state index in [0.717, 1.165) is 5.01 Å². The van der Waals surface area contributed by atoms with E-state index in [-0.39, 0.29) is 5.91 Å². The van der Waals surface area contributed by atoms with Gasteiger partial charge in [0.25, 0.3) is 0 Å². The zero-order valence-corrected chi connectivity index (χ0v) is 14.2. The van der Waals surface area contributed by atoms with Crippen molar-refractivity contribution >= 4 is 23.2 Å². The highest BCUT2D eigenvalue weighted by Crippen LogP contribution is 2.13. The number of aromatic nitrogens is 1. The molecule has 6 nitrogen and oxygen atoms in total. The monoisotopic (exact) mass is 311 g/mol. The zero-order chi connectivity index (χ0) is 15.9. The fourth-order valence-corrected chi connectivity index (χ4v) is 2.37. The normalized spacial score (nSPS) is 12.1. The molecule has 0 bridgehead atoms. The van der Waals surface area contributed by atoms with Gasteiger partial charge in [0.2, 0.25) is 5.91 Å². The molecule has 1 heterocycles. The summed E-state index contributed by atoms with van der Waals surface area (Å²) in [5.41, 5.74) is -0.495. The number of rotatable bonds is 6. The van der Waals surface area contributed by atoms with Crippen molar-refractivity contribution in [1.82, 2.24) is 20.9 Å². The predicted molar refractivity (Wildman–Crippen MR) is 87.5 cm³/mol. The van der Waals surface area contributed by atoms with Crippen molar-refractivity contribution < 1.29 is 4.79 Å². The molecule has 1 amide bonds. The highest BCUT2D eigenvalue weighted by molar-refractivity contribution is 7.11. The van der Waals surface area contributed by atoms with Crippen LogP contribution in [0.1, 0.15) is 30.7 Å². The summed E-state index contributed by atoms with van der Waals surface area (Å²) in [6, 6.07) is 0. The minimum atomic E-state index is -0.495. The molecule has 21 heavy (non-hydrogen) atoms. The topological polar surface area (TPSA) is 78.4 Å². The lowest BCUT2D eigenvalue weighted by molar-refractivity contribution is -0.128.